The molecule has 0 fully saturated rings. The fourth-order valence-electron chi connectivity index (χ4n) is 1.99. The SMILES string of the molecule is Cc1ccccc1OC(CCN)c1cccc(F)c1. The molecular formula is C16H18FNO. The van der Waals surface area contributed by atoms with E-state index in [0.29, 0.717) is 13.0 Å². The maximum Gasteiger partial charge on any atom is 0.125 e. The molecule has 2 nitrogen and oxygen atoms in total. The van der Waals surface area contributed by atoms with Gasteiger partial charge >= 0.3 is 0 Å². The number of halogens is 1. The number of aryl methyl sites for hydroxylation is 1. The summed E-state index contributed by atoms with van der Waals surface area (Å²) in [4.78, 5) is 0. The summed E-state index contributed by atoms with van der Waals surface area (Å²) in [6.45, 7) is 2.48. The smallest absolute Gasteiger partial charge is 0.125 e. The first-order valence-corrected chi connectivity index (χ1v) is 6.38. The summed E-state index contributed by atoms with van der Waals surface area (Å²) in [7, 11) is 0. The van der Waals surface area contributed by atoms with E-state index < -0.39 is 0 Å². The molecule has 2 aromatic rings. The Bertz CT molecular complexity index is 542. The lowest BCUT2D eigenvalue weighted by Crippen LogP contribution is -2.14. The van der Waals surface area contributed by atoms with Crippen LogP contribution >= 0.6 is 0 Å². The molecule has 0 aliphatic carbocycles. The number of benzene rings is 2. The van der Waals surface area contributed by atoms with Gasteiger partial charge in [0.15, 0.2) is 0 Å². The standard InChI is InChI=1S/C16H18FNO/c1-12-5-2-3-8-15(12)19-16(9-10-18)13-6-4-7-14(17)11-13/h2-8,11,16H,9-10,18H2,1H3. The van der Waals surface area contributed by atoms with Crippen LogP contribution in [-0.2, 0) is 0 Å². The molecule has 2 rings (SSSR count). The Morgan fingerprint density at radius 2 is 1.95 bits per heavy atom. The van der Waals surface area contributed by atoms with E-state index in [2.05, 4.69) is 0 Å². The number of ether oxygens (including phenoxy) is 1. The first-order valence-electron chi connectivity index (χ1n) is 6.38. The normalized spacial score (nSPS) is 12.2. The second kappa shape index (κ2) is 6.34. The molecule has 0 amide bonds. The number of hydrogen-bond donors (Lipinski definition) is 1. The Morgan fingerprint density at radius 3 is 2.63 bits per heavy atom. The van der Waals surface area contributed by atoms with Crippen LogP contribution in [0.15, 0.2) is 48.5 Å². The summed E-state index contributed by atoms with van der Waals surface area (Å²) in [5.74, 6) is 0.554. The van der Waals surface area contributed by atoms with Crippen molar-refractivity contribution in [1.82, 2.24) is 0 Å². The average molecular weight is 259 g/mol. The van der Waals surface area contributed by atoms with E-state index in [0.717, 1.165) is 16.9 Å². The Balaban J connectivity index is 2.24. The minimum Gasteiger partial charge on any atom is -0.485 e. The van der Waals surface area contributed by atoms with Crippen LogP contribution in [0.2, 0.25) is 0 Å². The van der Waals surface area contributed by atoms with Gasteiger partial charge in [0.05, 0.1) is 0 Å². The van der Waals surface area contributed by atoms with Crippen molar-refractivity contribution in [3.8, 4) is 5.75 Å². The fraction of sp³-hybridized carbons (Fsp3) is 0.250. The third-order valence-electron chi connectivity index (χ3n) is 3.01. The minimum atomic E-state index is -0.257. The highest BCUT2D eigenvalue weighted by Crippen LogP contribution is 2.27. The van der Waals surface area contributed by atoms with Crippen molar-refractivity contribution in [2.24, 2.45) is 5.73 Å². The van der Waals surface area contributed by atoms with Crippen LogP contribution in [0, 0.1) is 12.7 Å². The van der Waals surface area contributed by atoms with Gasteiger partial charge in [-0.3, -0.25) is 0 Å². The van der Waals surface area contributed by atoms with Crippen molar-refractivity contribution >= 4 is 0 Å². The lowest BCUT2D eigenvalue weighted by Gasteiger charge is -2.20. The van der Waals surface area contributed by atoms with E-state index in [4.69, 9.17) is 10.5 Å². The van der Waals surface area contributed by atoms with Crippen molar-refractivity contribution in [3.05, 3.63) is 65.5 Å². The van der Waals surface area contributed by atoms with Gasteiger partial charge in [-0.15, -0.1) is 0 Å². The van der Waals surface area contributed by atoms with Crippen molar-refractivity contribution in [3.63, 3.8) is 0 Å². The third kappa shape index (κ3) is 3.55. The molecule has 19 heavy (non-hydrogen) atoms. The number of para-hydroxylation sites is 1. The van der Waals surface area contributed by atoms with E-state index in [-0.39, 0.29) is 11.9 Å². The Hall–Kier alpha value is -1.87. The number of hydrogen-bond acceptors (Lipinski definition) is 2. The van der Waals surface area contributed by atoms with Crippen LogP contribution in [0.4, 0.5) is 4.39 Å². The molecule has 100 valence electrons. The summed E-state index contributed by atoms with van der Waals surface area (Å²) in [6.07, 6.45) is 0.430. The van der Waals surface area contributed by atoms with Crippen molar-refractivity contribution in [2.45, 2.75) is 19.4 Å². The zero-order chi connectivity index (χ0) is 13.7. The highest BCUT2D eigenvalue weighted by atomic mass is 19.1. The van der Waals surface area contributed by atoms with Gasteiger partial charge in [-0.05, 0) is 42.8 Å². The van der Waals surface area contributed by atoms with Crippen molar-refractivity contribution in [1.29, 1.82) is 0 Å². The van der Waals surface area contributed by atoms with Gasteiger partial charge in [-0.2, -0.15) is 0 Å². The third-order valence-corrected chi connectivity index (χ3v) is 3.01. The Labute approximate surface area is 113 Å². The van der Waals surface area contributed by atoms with Gasteiger partial charge in [-0.25, -0.2) is 4.39 Å². The van der Waals surface area contributed by atoms with E-state index in [9.17, 15) is 4.39 Å². The zero-order valence-electron chi connectivity index (χ0n) is 11.0. The molecule has 0 saturated heterocycles. The van der Waals surface area contributed by atoms with Gasteiger partial charge in [0.25, 0.3) is 0 Å². The van der Waals surface area contributed by atoms with Gasteiger partial charge in [-0.1, -0.05) is 30.3 Å². The molecule has 0 aliphatic heterocycles. The Morgan fingerprint density at radius 1 is 1.16 bits per heavy atom. The minimum absolute atomic E-state index is 0.221. The molecule has 0 heterocycles. The molecule has 2 aromatic carbocycles. The summed E-state index contributed by atoms with van der Waals surface area (Å²) >= 11 is 0. The van der Waals surface area contributed by atoms with Crippen LogP contribution in [0.5, 0.6) is 5.75 Å². The van der Waals surface area contributed by atoms with Crippen LogP contribution < -0.4 is 10.5 Å². The summed E-state index contributed by atoms with van der Waals surface area (Å²) in [5, 5.41) is 0. The summed E-state index contributed by atoms with van der Waals surface area (Å²) in [6, 6.07) is 14.3. The lowest BCUT2D eigenvalue weighted by molar-refractivity contribution is 0.196. The van der Waals surface area contributed by atoms with Crippen LogP contribution in [0.25, 0.3) is 0 Å². The monoisotopic (exact) mass is 259 g/mol. The predicted octanol–water partition coefficient (Wildman–Crippen LogP) is 3.60. The molecule has 1 unspecified atom stereocenters. The molecular weight excluding hydrogens is 241 g/mol. The number of rotatable bonds is 5. The highest BCUT2D eigenvalue weighted by molar-refractivity contribution is 5.33. The van der Waals surface area contributed by atoms with Gasteiger partial charge in [0.2, 0.25) is 0 Å². The van der Waals surface area contributed by atoms with Crippen molar-refractivity contribution < 1.29 is 9.13 Å². The first kappa shape index (κ1) is 13.6. The molecule has 3 heteroatoms. The zero-order valence-corrected chi connectivity index (χ0v) is 11.0. The van der Waals surface area contributed by atoms with Crippen LogP contribution in [-0.4, -0.2) is 6.54 Å². The molecule has 0 bridgehead atoms. The van der Waals surface area contributed by atoms with Gasteiger partial charge in [0, 0.05) is 6.42 Å². The molecule has 0 saturated carbocycles. The van der Waals surface area contributed by atoms with Gasteiger partial charge < -0.3 is 10.5 Å². The maximum atomic E-state index is 13.3. The predicted molar refractivity (Wildman–Crippen MR) is 74.6 cm³/mol. The largest absolute Gasteiger partial charge is 0.485 e. The quantitative estimate of drug-likeness (QED) is 0.890. The maximum absolute atomic E-state index is 13.3. The van der Waals surface area contributed by atoms with E-state index in [1.54, 1.807) is 6.07 Å². The molecule has 0 aliphatic rings. The summed E-state index contributed by atoms with van der Waals surface area (Å²) < 4.78 is 19.3. The summed E-state index contributed by atoms with van der Waals surface area (Å²) in [5.41, 5.74) is 7.49. The molecule has 0 radical (unpaired) electrons. The number of nitrogens with two attached hydrogens (primary N) is 1. The van der Waals surface area contributed by atoms with Crippen molar-refractivity contribution in [2.75, 3.05) is 6.54 Å². The van der Waals surface area contributed by atoms with Crippen LogP contribution in [0.1, 0.15) is 23.7 Å². The van der Waals surface area contributed by atoms with E-state index in [1.165, 1.54) is 12.1 Å². The lowest BCUT2D eigenvalue weighted by atomic mass is 10.1. The highest BCUT2D eigenvalue weighted by Gasteiger charge is 2.14. The Kier molecular flexibility index (Phi) is 4.53. The average Bonchev–Trinajstić information content (AvgIpc) is 2.40. The second-order valence-corrected chi connectivity index (χ2v) is 4.50. The second-order valence-electron chi connectivity index (χ2n) is 4.50. The first-order chi connectivity index (χ1) is 9.20. The van der Waals surface area contributed by atoms with Crippen LogP contribution in [0.3, 0.4) is 0 Å². The molecule has 0 aromatic heterocycles. The van der Waals surface area contributed by atoms with E-state index in [1.807, 2.05) is 37.3 Å². The molecule has 1 atom stereocenters. The fourth-order valence-corrected chi connectivity index (χ4v) is 1.99. The molecule has 0 spiro atoms. The van der Waals surface area contributed by atoms with E-state index >= 15 is 0 Å². The topological polar surface area (TPSA) is 35.2 Å². The van der Waals surface area contributed by atoms with Gasteiger partial charge in [0.1, 0.15) is 17.7 Å². The molecule has 2 N–H and O–H groups in total.